The second-order valence-electron chi connectivity index (χ2n) is 6.78. The Hall–Kier alpha value is -1.63. The number of rotatable bonds is 5. The molecular weight excluding hydrogens is 361 g/mol. The molecule has 25 heavy (non-hydrogen) atoms. The van der Waals surface area contributed by atoms with Gasteiger partial charge in [-0.2, -0.15) is 0 Å². The van der Waals surface area contributed by atoms with Crippen LogP contribution in [-0.2, 0) is 0 Å². The zero-order valence-electron chi connectivity index (χ0n) is 13.8. The van der Waals surface area contributed by atoms with Crippen molar-refractivity contribution in [2.24, 2.45) is 0 Å². The third kappa shape index (κ3) is 3.52. The maximum absolute atomic E-state index is 12.3. The second-order valence-corrected chi connectivity index (χ2v) is 7.62. The SMILES string of the molecule is C[C@@H](c1cc(Cl)ccc1Cl)N1CC(NC(=O)c2cn(C3CC3)nn2)C1. The molecule has 1 atom stereocenters. The Kier molecular flexibility index (Phi) is 4.43. The van der Waals surface area contributed by atoms with Gasteiger partial charge in [-0.25, -0.2) is 4.68 Å². The largest absolute Gasteiger partial charge is 0.345 e. The predicted octanol–water partition coefficient (Wildman–Crippen LogP) is 3.10. The molecule has 1 saturated heterocycles. The quantitative estimate of drug-likeness (QED) is 0.866. The van der Waals surface area contributed by atoms with E-state index >= 15 is 0 Å². The molecule has 8 heteroatoms. The number of likely N-dealkylation sites (tertiary alicyclic amines) is 1. The highest BCUT2D eigenvalue weighted by Crippen LogP contribution is 2.34. The molecule has 4 rings (SSSR count). The predicted molar refractivity (Wildman–Crippen MR) is 96.0 cm³/mol. The molecule has 2 aromatic rings. The van der Waals surface area contributed by atoms with E-state index in [-0.39, 0.29) is 18.0 Å². The van der Waals surface area contributed by atoms with Crippen LogP contribution in [0.2, 0.25) is 10.0 Å². The minimum Gasteiger partial charge on any atom is -0.345 e. The molecule has 1 aromatic carbocycles. The molecule has 1 amide bonds. The molecule has 2 fully saturated rings. The van der Waals surface area contributed by atoms with Gasteiger partial charge in [0, 0.05) is 29.2 Å². The van der Waals surface area contributed by atoms with E-state index < -0.39 is 0 Å². The van der Waals surface area contributed by atoms with Crippen LogP contribution in [0.1, 0.15) is 47.9 Å². The molecule has 0 radical (unpaired) electrons. The molecule has 0 spiro atoms. The Morgan fingerprint density at radius 3 is 2.80 bits per heavy atom. The van der Waals surface area contributed by atoms with E-state index in [4.69, 9.17) is 23.2 Å². The minimum atomic E-state index is -0.162. The van der Waals surface area contributed by atoms with Crippen LogP contribution in [0.25, 0.3) is 0 Å². The highest BCUT2D eigenvalue weighted by molar-refractivity contribution is 6.33. The van der Waals surface area contributed by atoms with Gasteiger partial charge >= 0.3 is 0 Å². The van der Waals surface area contributed by atoms with E-state index in [1.165, 1.54) is 0 Å². The van der Waals surface area contributed by atoms with Crippen LogP contribution in [0, 0.1) is 0 Å². The van der Waals surface area contributed by atoms with Gasteiger partial charge in [-0.1, -0.05) is 28.4 Å². The van der Waals surface area contributed by atoms with Crippen LogP contribution in [0.15, 0.2) is 24.4 Å². The summed E-state index contributed by atoms with van der Waals surface area (Å²) in [5, 5.41) is 12.4. The van der Waals surface area contributed by atoms with Gasteiger partial charge in [-0.15, -0.1) is 5.10 Å². The van der Waals surface area contributed by atoms with E-state index in [2.05, 4.69) is 27.5 Å². The van der Waals surface area contributed by atoms with Gasteiger partial charge in [0.25, 0.3) is 5.91 Å². The molecule has 2 heterocycles. The molecule has 1 saturated carbocycles. The van der Waals surface area contributed by atoms with E-state index in [1.807, 2.05) is 12.1 Å². The van der Waals surface area contributed by atoms with Crippen LogP contribution >= 0.6 is 23.2 Å². The Morgan fingerprint density at radius 1 is 1.32 bits per heavy atom. The van der Waals surface area contributed by atoms with Crippen LogP contribution < -0.4 is 5.32 Å². The van der Waals surface area contributed by atoms with Gasteiger partial charge in [0.15, 0.2) is 5.69 Å². The number of nitrogens with zero attached hydrogens (tertiary/aromatic N) is 4. The first kappa shape index (κ1) is 16.8. The lowest BCUT2D eigenvalue weighted by atomic mass is 10.0. The van der Waals surface area contributed by atoms with Crippen molar-refractivity contribution in [3.05, 3.63) is 45.7 Å². The molecule has 2 aliphatic rings. The highest BCUT2D eigenvalue weighted by atomic mass is 35.5. The second kappa shape index (κ2) is 6.59. The summed E-state index contributed by atoms with van der Waals surface area (Å²) < 4.78 is 1.78. The number of benzene rings is 1. The number of hydrogen-bond acceptors (Lipinski definition) is 4. The van der Waals surface area contributed by atoms with E-state index in [9.17, 15) is 4.79 Å². The number of amides is 1. The average molecular weight is 380 g/mol. The van der Waals surface area contributed by atoms with E-state index in [1.54, 1.807) is 16.9 Å². The summed E-state index contributed by atoms with van der Waals surface area (Å²) in [7, 11) is 0. The van der Waals surface area contributed by atoms with Crippen LogP contribution in [0.3, 0.4) is 0 Å². The number of aromatic nitrogens is 3. The third-order valence-corrected chi connectivity index (χ3v) is 5.44. The molecule has 132 valence electrons. The van der Waals surface area contributed by atoms with E-state index in [0.29, 0.717) is 21.8 Å². The van der Waals surface area contributed by atoms with Crippen molar-refractivity contribution in [3.63, 3.8) is 0 Å². The van der Waals surface area contributed by atoms with Crippen molar-refractivity contribution < 1.29 is 4.79 Å². The van der Waals surface area contributed by atoms with Crippen molar-refractivity contribution in [2.75, 3.05) is 13.1 Å². The Balaban J connectivity index is 1.32. The number of halogens is 2. The smallest absolute Gasteiger partial charge is 0.273 e. The van der Waals surface area contributed by atoms with Gasteiger partial charge in [0.05, 0.1) is 18.3 Å². The molecule has 0 unspecified atom stereocenters. The lowest BCUT2D eigenvalue weighted by Crippen LogP contribution is -2.59. The summed E-state index contributed by atoms with van der Waals surface area (Å²) in [5.74, 6) is -0.162. The fourth-order valence-corrected chi connectivity index (χ4v) is 3.57. The fourth-order valence-electron chi connectivity index (χ4n) is 3.11. The number of carbonyl (C=O) groups is 1. The van der Waals surface area contributed by atoms with Crippen molar-refractivity contribution in [1.29, 1.82) is 0 Å². The minimum absolute atomic E-state index is 0.110. The molecule has 1 aliphatic heterocycles. The van der Waals surface area contributed by atoms with Crippen molar-refractivity contribution >= 4 is 29.1 Å². The molecule has 0 bridgehead atoms. The van der Waals surface area contributed by atoms with Crippen LogP contribution in [0.5, 0.6) is 0 Å². The van der Waals surface area contributed by atoms with Crippen LogP contribution in [-0.4, -0.2) is 44.9 Å². The molecule has 1 N–H and O–H groups in total. The summed E-state index contributed by atoms with van der Waals surface area (Å²) in [6.45, 7) is 3.63. The first-order chi connectivity index (χ1) is 12.0. The molecule has 1 aliphatic carbocycles. The average Bonchev–Trinajstić information content (AvgIpc) is 3.29. The van der Waals surface area contributed by atoms with Gasteiger partial charge in [0.1, 0.15) is 0 Å². The lowest BCUT2D eigenvalue weighted by molar-refractivity contribution is 0.0672. The summed E-state index contributed by atoms with van der Waals surface area (Å²) in [6, 6.07) is 6.19. The third-order valence-electron chi connectivity index (χ3n) is 4.86. The van der Waals surface area contributed by atoms with Crippen molar-refractivity contribution in [3.8, 4) is 0 Å². The van der Waals surface area contributed by atoms with Gasteiger partial charge in [0.2, 0.25) is 0 Å². The Bertz CT molecular complexity index is 798. The maximum Gasteiger partial charge on any atom is 0.273 e. The molecule has 1 aromatic heterocycles. The number of carbonyl (C=O) groups excluding carboxylic acids is 1. The summed E-state index contributed by atoms with van der Waals surface area (Å²) in [5.41, 5.74) is 1.39. The van der Waals surface area contributed by atoms with Gasteiger partial charge in [-0.3, -0.25) is 9.69 Å². The normalized spacial score (nSPS) is 19.5. The lowest BCUT2D eigenvalue weighted by Gasteiger charge is -2.43. The van der Waals surface area contributed by atoms with Gasteiger partial charge < -0.3 is 5.32 Å². The topological polar surface area (TPSA) is 63.1 Å². The van der Waals surface area contributed by atoms with Crippen LogP contribution in [0.4, 0.5) is 0 Å². The first-order valence-corrected chi connectivity index (χ1v) is 9.18. The summed E-state index contributed by atoms with van der Waals surface area (Å²) >= 11 is 12.3. The standard InChI is InChI=1S/C17H19Cl2N5O/c1-10(14-6-11(18)2-5-15(14)19)23-7-12(8-23)20-17(25)16-9-24(22-21-16)13-3-4-13/h2,5-6,9-10,12-13H,3-4,7-8H2,1H3,(H,20,25)/t10-/m0/s1. The fraction of sp³-hybridized carbons (Fsp3) is 0.471. The number of hydrogen-bond donors (Lipinski definition) is 1. The van der Waals surface area contributed by atoms with E-state index in [0.717, 1.165) is 31.5 Å². The van der Waals surface area contributed by atoms with Gasteiger partial charge in [-0.05, 0) is 43.5 Å². The first-order valence-electron chi connectivity index (χ1n) is 8.43. The molecule has 6 nitrogen and oxygen atoms in total. The monoisotopic (exact) mass is 379 g/mol. The Morgan fingerprint density at radius 2 is 2.08 bits per heavy atom. The highest BCUT2D eigenvalue weighted by Gasteiger charge is 2.33. The zero-order valence-corrected chi connectivity index (χ0v) is 15.3. The maximum atomic E-state index is 12.3. The zero-order chi connectivity index (χ0) is 17.6. The molecular formula is C17H19Cl2N5O. The number of nitrogens with one attached hydrogen (secondary N) is 1. The Labute approximate surface area is 156 Å². The van der Waals surface area contributed by atoms with Crippen molar-refractivity contribution in [1.82, 2.24) is 25.2 Å². The van der Waals surface area contributed by atoms with Crippen molar-refractivity contribution in [2.45, 2.75) is 37.9 Å². The summed E-state index contributed by atoms with van der Waals surface area (Å²) in [6.07, 6.45) is 3.97. The summed E-state index contributed by atoms with van der Waals surface area (Å²) in [4.78, 5) is 14.5.